The van der Waals surface area contributed by atoms with Crippen molar-refractivity contribution >= 4 is 5.69 Å². The monoisotopic (exact) mass is 295 g/mol. The van der Waals surface area contributed by atoms with Gasteiger partial charge in [-0.05, 0) is 12.1 Å². The molecule has 112 valence electrons. The molecule has 0 aromatic heterocycles. The van der Waals surface area contributed by atoms with Crippen LogP contribution in [0.25, 0.3) is 0 Å². The highest BCUT2D eigenvalue weighted by Crippen LogP contribution is 2.35. The number of hydrogen-bond acceptors (Lipinski definition) is 5. The number of nitro groups is 1. The van der Waals surface area contributed by atoms with Crippen LogP contribution in [-0.4, -0.2) is 36.5 Å². The summed E-state index contributed by atoms with van der Waals surface area (Å²) >= 11 is 0. The van der Waals surface area contributed by atoms with Crippen molar-refractivity contribution in [2.45, 2.75) is 6.18 Å². The van der Waals surface area contributed by atoms with Crippen LogP contribution in [0.1, 0.15) is 5.56 Å². The van der Waals surface area contributed by atoms with Gasteiger partial charge in [0.25, 0.3) is 0 Å². The molecule has 1 N–H and O–H groups in total. The van der Waals surface area contributed by atoms with Gasteiger partial charge in [-0.1, -0.05) is 0 Å². The number of rotatable bonds is 7. The lowest BCUT2D eigenvalue weighted by molar-refractivity contribution is -0.386. The van der Waals surface area contributed by atoms with Gasteiger partial charge in [-0.15, -0.1) is 0 Å². The average molecular weight is 295 g/mol. The molecule has 1 aromatic carbocycles. The van der Waals surface area contributed by atoms with Gasteiger partial charge in [-0.2, -0.15) is 13.2 Å². The van der Waals surface area contributed by atoms with Gasteiger partial charge in [-0.25, -0.2) is 0 Å². The molecule has 1 aromatic rings. The summed E-state index contributed by atoms with van der Waals surface area (Å²) in [5, 5.41) is 19.2. The lowest BCUT2D eigenvalue weighted by atomic mass is 10.2. The fraction of sp³-hybridized carbons (Fsp3) is 0.455. The highest BCUT2D eigenvalue weighted by Gasteiger charge is 2.33. The highest BCUT2D eigenvalue weighted by molar-refractivity contribution is 5.49. The molecule has 9 heteroatoms. The first-order chi connectivity index (χ1) is 9.36. The molecular weight excluding hydrogens is 283 g/mol. The summed E-state index contributed by atoms with van der Waals surface area (Å²) in [5.74, 6) is -0.268. The number of alkyl halides is 3. The van der Waals surface area contributed by atoms with Crippen molar-refractivity contribution < 1.29 is 32.7 Å². The summed E-state index contributed by atoms with van der Waals surface area (Å²) in [5.41, 5.74) is -1.88. The molecule has 0 aliphatic carbocycles. The van der Waals surface area contributed by atoms with Crippen molar-refractivity contribution in [2.24, 2.45) is 0 Å². The largest absolute Gasteiger partial charge is 0.484 e. The van der Waals surface area contributed by atoms with Gasteiger partial charge in [0.05, 0.1) is 30.3 Å². The van der Waals surface area contributed by atoms with Gasteiger partial charge in [0.2, 0.25) is 0 Å². The Morgan fingerprint density at radius 2 is 1.95 bits per heavy atom. The van der Waals surface area contributed by atoms with E-state index in [9.17, 15) is 23.3 Å². The number of nitrogens with zero attached hydrogens (tertiary/aromatic N) is 1. The van der Waals surface area contributed by atoms with Gasteiger partial charge in [0.1, 0.15) is 6.61 Å². The normalized spacial score (nSPS) is 11.4. The average Bonchev–Trinajstić information content (AvgIpc) is 2.37. The Hall–Kier alpha value is -1.87. The number of ether oxygens (including phenoxy) is 2. The molecule has 0 aliphatic rings. The van der Waals surface area contributed by atoms with E-state index in [-0.39, 0.29) is 32.2 Å². The minimum absolute atomic E-state index is 0.0543. The fourth-order valence-corrected chi connectivity index (χ4v) is 1.34. The van der Waals surface area contributed by atoms with E-state index in [4.69, 9.17) is 14.6 Å². The number of hydrogen-bond donors (Lipinski definition) is 1. The van der Waals surface area contributed by atoms with Crippen molar-refractivity contribution in [1.29, 1.82) is 0 Å². The van der Waals surface area contributed by atoms with E-state index in [0.717, 1.165) is 6.07 Å². The Morgan fingerprint density at radius 1 is 1.25 bits per heavy atom. The first-order valence-corrected chi connectivity index (χ1v) is 5.53. The molecule has 0 heterocycles. The predicted octanol–water partition coefficient (Wildman–Crippen LogP) is 2.00. The molecule has 0 saturated heterocycles. The molecule has 20 heavy (non-hydrogen) atoms. The van der Waals surface area contributed by atoms with E-state index in [1.807, 2.05) is 0 Å². The Balaban J connectivity index is 2.78. The molecule has 0 spiro atoms. The van der Waals surface area contributed by atoms with Crippen LogP contribution in [0.15, 0.2) is 18.2 Å². The van der Waals surface area contributed by atoms with Crippen LogP contribution in [0.3, 0.4) is 0 Å². The summed E-state index contributed by atoms with van der Waals surface area (Å²) in [4.78, 5) is 9.78. The van der Waals surface area contributed by atoms with Crippen molar-refractivity contribution in [3.8, 4) is 5.75 Å². The van der Waals surface area contributed by atoms with Crippen molar-refractivity contribution in [3.05, 3.63) is 33.9 Å². The minimum atomic E-state index is -4.66. The second kappa shape index (κ2) is 7.06. The number of halogens is 3. The standard InChI is InChI=1S/C11H12F3NO5/c12-11(13,14)8-1-2-10(9(7-8)15(17)18)20-6-5-19-4-3-16/h1-2,7,16H,3-6H2. The van der Waals surface area contributed by atoms with Crippen LogP contribution in [-0.2, 0) is 10.9 Å². The summed E-state index contributed by atoms with van der Waals surface area (Å²) in [6.07, 6.45) is -4.66. The Morgan fingerprint density at radius 3 is 2.50 bits per heavy atom. The molecule has 0 amide bonds. The van der Waals surface area contributed by atoms with Crippen LogP contribution < -0.4 is 4.74 Å². The maximum atomic E-state index is 12.4. The van der Waals surface area contributed by atoms with Gasteiger partial charge < -0.3 is 14.6 Å². The third-order valence-electron chi connectivity index (χ3n) is 2.20. The first kappa shape index (κ1) is 16.2. The number of aliphatic hydroxyl groups is 1. The van der Waals surface area contributed by atoms with Gasteiger partial charge >= 0.3 is 11.9 Å². The van der Waals surface area contributed by atoms with Crippen LogP contribution in [0, 0.1) is 10.1 Å². The van der Waals surface area contributed by atoms with Gasteiger partial charge in [0.15, 0.2) is 5.75 Å². The van der Waals surface area contributed by atoms with Gasteiger partial charge in [0, 0.05) is 6.07 Å². The van der Waals surface area contributed by atoms with E-state index in [1.54, 1.807) is 0 Å². The summed E-state index contributed by atoms with van der Waals surface area (Å²) in [6, 6.07) is 2.02. The van der Waals surface area contributed by atoms with E-state index >= 15 is 0 Å². The molecule has 1 rings (SSSR count). The zero-order valence-corrected chi connectivity index (χ0v) is 10.2. The fourth-order valence-electron chi connectivity index (χ4n) is 1.34. The Labute approximate surface area is 111 Å². The maximum Gasteiger partial charge on any atom is 0.416 e. The highest BCUT2D eigenvalue weighted by atomic mass is 19.4. The van der Waals surface area contributed by atoms with E-state index in [0.29, 0.717) is 12.1 Å². The molecule has 0 saturated carbocycles. The summed E-state index contributed by atoms with van der Waals surface area (Å²) in [6.45, 7) is -0.121. The van der Waals surface area contributed by atoms with Crippen molar-refractivity contribution in [3.63, 3.8) is 0 Å². The Kier molecular flexibility index (Phi) is 5.71. The first-order valence-electron chi connectivity index (χ1n) is 5.53. The number of aliphatic hydroxyl groups excluding tert-OH is 1. The zero-order valence-electron chi connectivity index (χ0n) is 10.2. The molecule has 6 nitrogen and oxygen atoms in total. The quantitative estimate of drug-likeness (QED) is 0.472. The van der Waals surface area contributed by atoms with Crippen LogP contribution in [0.4, 0.5) is 18.9 Å². The van der Waals surface area contributed by atoms with Crippen LogP contribution in [0.5, 0.6) is 5.75 Å². The minimum Gasteiger partial charge on any atom is -0.484 e. The molecule has 0 fully saturated rings. The summed E-state index contributed by atoms with van der Waals surface area (Å²) in [7, 11) is 0. The summed E-state index contributed by atoms with van der Waals surface area (Å²) < 4.78 is 47.2. The molecule has 0 unspecified atom stereocenters. The molecule has 0 aliphatic heterocycles. The molecule has 0 atom stereocenters. The third kappa shape index (κ3) is 4.67. The van der Waals surface area contributed by atoms with E-state index in [2.05, 4.69) is 0 Å². The SMILES string of the molecule is O=[N+]([O-])c1cc(C(F)(F)F)ccc1OCCOCCO. The lowest BCUT2D eigenvalue weighted by Gasteiger charge is -2.10. The smallest absolute Gasteiger partial charge is 0.416 e. The second-order valence-corrected chi connectivity index (χ2v) is 3.62. The Bertz CT molecular complexity index is 464. The second-order valence-electron chi connectivity index (χ2n) is 3.62. The van der Waals surface area contributed by atoms with E-state index in [1.165, 1.54) is 0 Å². The molecular formula is C11H12F3NO5. The topological polar surface area (TPSA) is 81.8 Å². The third-order valence-corrected chi connectivity index (χ3v) is 2.20. The van der Waals surface area contributed by atoms with Crippen molar-refractivity contribution in [1.82, 2.24) is 0 Å². The van der Waals surface area contributed by atoms with Gasteiger partial charge in [-0.3, -0.25) is 10.1 Å². The molecule has 0 radical (unpaired) electrons. The zero-order chi connectivity index (χ0) is 15.2. The molecule has 0 bridgehead atoms. The number of nitro benzene ring substituents is 1. The lowest BCUT2D eigenvalue weighted by Crippen LogP contribution is -2.11. The predicted molar refractivity (Wildman–Crippen MR) is 61.5 cm³/mol. The van der Waals surface area contributed by atoms with E-state index < -0.39 is 22.4 Å². The van der Waals surface area contributed by atoms with Crippen LogP contribution >= 0.6 is 0 Å². The number of benzene rings is 1. The van der Waals surface area contributed by atoms with Crippen LogP contribution in [0.2, 0.25) is 0 Å². The maximum absolute atomic E-state index is 12.4. The van der Waals surface area contributed by atoms with Crippen molar-refractivity contribution in [2.75, 3.05) is 26.4 Å².